The fraction of sp³-hybridized carbons (Fsp3) is 0.909. The fourth-order valence-corrected chi connectivity index (χ4v) is 4.48. The van der Waals surface area contributed by atoms with Crippen molar-refractivity contribution < 1.29 is 0 Å². The molecular formula is C22H42N6. The third kappa shape index (κ3) is 7.15. The van der Waals surface area contributed by atoms with Crippen LogP contribution < -0.4 is 0 Å². The topological polar surface area (TPSA) is 78.8 Å². The first-order chi connectivity index (χ1) is 12.8. The summed E-state index contributed by atoms with van der Waals surface area (Å²) in [5.74, 6) is 0. The molecule has 0 spiro atoms. The lowest BCUT2D eigenvalue weighted by atomic mass is 9.85. The first kappa shape index (κ1) is 26.5. The van der Waals surface area contributed by atoms with E-state index in [2.05, 4.69) is 87.6 Å². The third-order valence-electron chi connectivity index (χ3n) is 5.77. The second-order valence-corrected chi connectivity index (χ2v) is 9.29. The molecule has 0 aromatic heterocycles. The lowest BCUT2D eigenvalue weighted by Gasteiger charge is -2.41. The Balaban J connectivity index is 5.65. The number of azo groups is 1. The molecule has 0 aliphatic heterocycles. The normalized spacial score (nSPS) is 17.4. The summed E-state index contributed by atoms with van der Waals surface area (Å²) in [7, 11) is 0. The molecule has 0 heterocycles. The standard InChI is InChI=1S/C22H42N6/c1-11-27(12-2)19(5,6)15-21(9,17-23)25-26-22(10,18-24)16-20(7,8)28(13-3)14-4/h11-16H2,1-10H3. The van der Waals surface area contributed by atoms with Gasteiger partial charge in [-0.2, -0.15) is 20.8 Å². The summed E-state index contributed by atoms with van der Waals surface area (Å²) in [5, 5.41) is 28.5. The Bertz CT molecular complexity index is 537. The molecule has 0 aromatic carbocycles. The number of nitriles is 2. The van der Waals surface area contributed by atoms with Crippen molar-refractivity contribution in [2.24, 2.45) is 10.2 Å². The molecule has 160 valence electrons. The van der Waals surface area contributed by atoms with E-state index >= 15 is 0 Å². The van der Waals surface area contributed by atoms with Gasteiger partial charge in [0.2, 0.25) is 0 Å². The molecule has 0 saturated heterocycles. The molecule has 6 heteroatoms. The molecule has 0 fully saturated rings. The molecule has 6 nitrogen and oxygen atoms in total. The van der Waals surface area contributed by atoms with Crippen molar-refractivity contribution in [1.82, 2.24) is 9.80 Å². The SMILES string of the molecule is CCN(CC)C(C)(C)CC(C)(C#N)N=NC(C)(C#N)CC(C)(C)N(CC)CC. The predicted molar refractivity (Wildman–Crippen MR) is 116 cm³/mol. The van der Waals surface area contributed by atoms with E-state index in [0.717, 1.165) is 26.2 Å². The van der Waals surface area contributed by atoms with Gasteiger partial charge in [-0.15, -0.1) is 0 Å². The summed E-state index contributed by atoms with van der Waals surface area (Å²) in [5.41, 5.74) is -2.31. The van der Waals surface area contributed by atoms with Crippen LogP contribution in [-0.4, -0.2) is 58.1 Å². The maximum absolute atomic E-state index is 9.83. The van der Waals surface area contributed by atoms with Gasteiger partial charge in [0, 0.05) is 23.9 Å². The number of hydrogen-bond acceptors (Lipinski definition) is 6. The zero-order valence-electron chi connectivity index (χ0n) is 19.9. The van der Waals surface area contributed by atoms with Gasteiger partial charge in [-0.3, -0.25) is 9.80 Å². The molecule has 0 saturated carbocycles. The van der Waals surface area contributed by atoms with Gasteiger partial charge < -0.3 is 0 Å². The molecule has 0 radical (unpaired) electrons. The number of nitrogens with zero attached hydrogens (tertiary/aromatic N) is 6. The molecule has 0 aliphatic rings. The van der Waals surface area contributed by atoms with Crippen LogP contribution in [-0.2, 0) is 0 Å². The van der Waals surface area contributed by atoms with E-state index < -0.39 is 11.1 Å². The van der Waals surface area contributed by atoms with Crippen molar-refractivity contribution >= 4 is 0 Å². The van der Waals surface area contributed by atoms with Gasteiger partial charge in [0.15, 0.2) is 11.1 Å². The van der Waals surface area contributed by atoms with Crippen LogP contribution in [0.3, 0.4) is 0 Å². The Morgan fingerprint density at radius 2 is 0.857 bits per heavy atom. The van der Waals surface area contributed by atoms with E-state index in [1.165, 1.54) is 0 Å². The zero-order valence-corrected chi connectivity index (χ0v) is 19.9. The summed E-state index contributed by atoms with van der Waals surface area (Å²) < 4.78 is 0. The predicted octanol–water partition coefficient (Wildman–Crippen LogP) is 5.02. The highest BCUT2D eigenvalue weighted by Crippen LogP contribution is 2.32. The van der Waals surface area contributed by atoms with Crippen molar-refractivity contribution in [1.29, 1.82) is 10.5 Å². The van der Waals surface area contributed by atoms with Crippen LogP contribution in [0, 0.1) is 22.7 Å². The summed E-state index contributed by atoms with van der Waals surface area (Å²) in [6.45, 7) is 24.3. The lowest BCUT2D eigenvalue weighted by Crippen LogP contribution is -2.49. The first-order valence-corrected chi connectivity index (χ1v) is 10.5. The van der Waals surface area contributed by atoms with Crippen LogP contribution in [0.1, 0.15) is 82.1 Å². The van der Waals surface area contributed by atoms with E-state index in [1.807, 2.05) is 13.8 Å². The van der Waals surface area contributed by atoms with Gasteiger partial charge in [0.05, 0.1) is 12.1 Å². The smallest absolute Gasteiger partial charge is 0.166 e. The molecule has 0 amide bonds. The highest BCUT2D eigenvalue weighted by Gasteiger charge is 2.39. The van der Waals surface area contributed by atoms with E-state index in [4.69, 9.17) is 0 Å². The Morgan fingerprint density at radius 3 is 1.04 bits per heavy atom. The van der Waals surface area contributed by atoms with Crippen LogP contribution in [0.15, 0.2) is 10.2 Å². The van der Waals surface area contributed by atoms with Gasteiger partial charge in [-0.1, -0.05) is 27.7 Å². The highest BCUT2D eigenvalue weighted by molar-refractivity contribution is 5.11. The van der Waals surface area contributed by atoms with Crippen molar-refractivity contribution in [2.75, 3.05) is 26.2 Å². The molecule has 0 N–H and O–H groups in total. The first-order valence-electron chi connectivity index (χ1n) is 10.5. The van der Waals surface area contributed by atoms with Crippen molar-refractivity contribution in [3.63, 3.8) is 0 Å². The van der Waals surface area contributed by atoms with Gasteiger partial charge in [-0.25, -0.2) is 0 Å². The van der Waals surface area contributed by atoms with Crippen LogP contribution in [0.5, 0.6) is 0 Å². The van der Waals surface area contributed by atoms with E-state index in [1.54, 1.807) is 0 Å². The average molecular weight is 391 g/mol. The second-order valence-electron chi connectivity index (χ2n) is 9.29. The largest absolute Gasteiger partial charge is 0.299 e. The summed E-state index contributed by atoms with van der Waals surface area (Å²) in [6.07, 6.45) is 1.12. The molecule has 0 aliphatic carbocycles. The van der Waals surface area contributed by atoms with Gasteiger partial charge >= 0.3 is 0 Å². The van der Waals surface area contributed by atoms with Crippen LogP contribution in [0.2, 0.25) is 0 Å². The van der Waals surface area contributed by atoms with Crippen LogP contribution in [0.25, 0.3) is 0 Å². The second kappa shape index (κ2) is 10.3. The van der Waals surface area contributed by atoms with Gasteiger partial charge in [0.1, 0.15) is 0 Å². The summed E-state index contributed by atoms with van der Waals surface area (Å²) in [6, 6.07) is 4.67. The van der Waals surface area contributed by atoms with Crippen molar-refractivity contribution in [3.8, 4) is 12.1 Å². The number of hydrogen-bond donors (Lipinski definition) is 0. The fourth-order valence-electron chi connectivity index (χ4n) is 4.48. The van der Waals surface area contributed by atoms with E-state index in [-0.39, 0.29) is 11.1 Å². The molecule has 2 atom stereocenters. The Labute approximate surface area is 173 Å². The molecule has 28 heavy (non-hydrogen) atoms. The third-order valence-corrected chi connectivity index (χ3v) is 5.77. The maximum atomic E-state index is 9.83. The maximum Gasteiger partial charge on any atom is 0.166 e. The summed E-state index contributed by atoms with van der Waals surface area (Å²) >= 11 is 0. The molecule has 2 unspecified atom stereocenters. The Kier molecular flexibility index (Phi) is 9.77. The van der Waals surface area contributed by atoms with Crippen molar-refractivity contribution in [3.05, 3.63) is 0 Å². The van der Waals surface area contributed by atoms with Gasteiger partial charge in [0.25, 0.3) is 0 Å². The average Bonchev–Trinajstić information content (AvgIpc) is 2.61. The summed E-state index contributed by atoms with van der Waals surface area (Å²) in [4.78, 5) is 4.65. The molecule has 0 bridgehead atoms. The minimum atomic E-state index is -0.969. The Hall–Kier alpha value is -1.50. The van der Waals surface area contributed by atoms with Gasteiger partial charge in [-0.05, 0) is 67.7 Å². The highest BCUT2D eigenvalue weighted by atomic mass is 15.2. The molecule has 0 rings (SSSR count). The Morgan fingerprint density at radius 1 is 0.607 bits per heavy atom. The van der Waals surface area contributed by atoms with Crippen molar-refractivity contribution in [2.45, 2.75) is 104 Å². The number of rotatable bonds is 12. The van der Waals surface area contributed by atoms with Crippen LogP contribution >= 0.6 is 0 Å². The monoisotopic (exact) mass is 390 g/mol. The molecular weight excluding hydrogens is 348 g/mol. The quantitative estimate of drug-likeness (QED) is 0.438. The minimum Gasteiger partial charge on any atom is -0.299 e. The lowest BCUT2D eigenvalue weighted by molar-refractivity contribution is 0.103. The van der Waals surface area contributed by atoms with E-state index in [0.29, 0.717) is 12.8 Å². The van der Waals surface area contributed by atoms with E-state index in [9.17, 15) is 10.5 Å². The minimum absolute atomic E-state index is 0.184. The zero-order chi connectivity index (χ0) is 22.2. The molecule has 0 aromatic rings. The van der Waals surface area contributed by atoms with Crippen LogP contribution in [0.4, 0.5) is 0 Å².